The van der Waals surface area contributed by atoms with Crippen molar-refractivity contribution in [2.75, 3.05) is 7.11 Å². The summed E-state index contributed by atoms with van der Waals surface area (Å²) in [5.41, 5.74) is 1.52. The van der Waals surface area contributed by atoms with E-state index in [2.05, 4.69) is 21.1 Å². The molecule has 5 nitrogen and oxygen atoms in total. The van der Waals surface area contributed by atoms with Crippen LogP contribution < -0.4 is 4.74 Å². The summed E-state index contributed by atoms with van der Waals surface area (Å²) < 4.78 is 11.1. The van der Waals surface area contributed by atoms with Gasteiger partial charge in [-0.1, -0.05) is 11.2 Å². The number of methoxy groups -OCH3 is 1. The summed E-state index contributed by atoms with van der Waals surface area (Å²) in [5, 5.41) is 12.3. The Bertz CT molecular complexity index is 606. The first kappa shape index (κ1) is 12.6. The summed E-state index contributed by atoms with van der Waals surface area (Å²) in [6, 6.07) is 5.04. The second kappa shape index (κ2) is 4.81. The van der Waals surface area contributed by atoms with E-state index in [-0.39, 0.29) is 5.69 Å². The summed E-state index contributed by atoms with van der Waals surface area (Å²) >= 11 is 3.42. The Morgan fingerprint density at radius 1 is 1.50 bits per heavy atom. The summed E-state index contributed by atoms with van der Waals surface area (Å²) in [4.78, 5) is 10.8. The molecule has 18 heavy (non-hydrogen) atoms. The van der Waals surface area contributed by atoms with Crippen LogP contribution in [0.15, 0.2) is 27.2 Å². The van der Waals surface area contributed by atoms with E-state index in [9.17, 15) is 4.79 Å². The maximum absolute atomic E-state index is 10.8. The van der Waals surface area contributed by atoms with Crippen molar-refractivity contribution in [2.45, 2.75) is 6.92 Å². The number of rotatable bonds is 3. The van der Waals surface area contributed by atoms with Crippen LogP contribution in [0.25, 0.3) is 11.3 Å². The maximum atomic E-state index is 10.8. The van der Waals surface area contributed by atoms with Crippen LogP contribution in [-0.2, 0) is 0 Å². The van der Waals surface area contributed by atoms with Gasteiger partial charge in [0.1, 0.15) is 5.75 Å². The number of carboxylic acids is 1. The lowest BCUT2D eigenvalue weighted by Gasteiger charge is -2.09. The molecule has 0 saturated heterocycles. The molecule has 6 heteroatoms. The number of hydrogen-bond acceptors (Lipinski definition) is 4. The van der Waals surface area contributed by atoms with Crippen LogP contribution in [0.3, 0.4) is 0 Å². The Morgan fingerprint density at radius 3 is 2.78 bits per heavy atom. The molecule has 0 aliphatic heterocycles. The Morgan fingerprint density at radius 2 is 2.22 bits per heavy atom. The summed E-state index contributed by atoms with van der Waals surface area (Å²) in [6.07, 6.45) is 0. The normalized spacial score (nSPS) is 10.4. The smallest absolute Gasteiger partial charge is 0.358 e. The molecule has 2 rings (SSSR count). The van der Waals surface area contributed by atoms with Gasteiger partial charge >= 0.3 is 5.97 Å². The highest BCUT2D eigenvalue weighted by Gasteiger charge is 2.17. The highest BCUT2D eigenvalue weighted by atomic mass is 79.9. The molecule has 0 spiro atoms. The molecule has 0 aliphatic rings. The van der Waals surface area contributed by atoms with Gasteiger partial charge < -0.3 is 14.4 Å². The Labute approximate surface area is 111 Å². The van der Waals surface area contributed by atoms with Crippen molar-refractivity contribution < 1.29 is 19.2 Å². The molecule has 94 valence electrons. The van der Waals surface area contributed by atoms with Crippen LogP contribution in [0.2, 0.25) is 0 Å². The molecular formula is C12H10BrNO4. The number of aromatic carboxylic acids is 1. The van der Waals surface area contributed by atoms with Gasteiger partial charge in [-0.2, -0.15) is 0 Å². The number of carboxylic acid groups (broad SMARTS) is 1. The average molecular weight is 312 g/mol. The topological polar surface area (TPSA) is 72.6 Å². The van der Waals surface area contributed by atoms with Gasteiger partial charge in [0.25, 0.3) is 0 Å². The fourth-order valence-electron chi connectivity index (χ4n) is 1.55. The lowest BCUT2D eigenvalue weighted by atomic mass is 10.1. The van der Waals surface area contributed by atoms with Gasteiger partial charge in [0, 0.05) is 6.07 Å². The number of aromatic nitrogens is 1. The van der Waals surface area contributed by atoms with Gasteiger partial charge in [-0.25, -0.2) is 4.79 Å². The Kier molecular flexibility index (Phi) is 3.38. The monoisotopic (exact) mass is 311 g/mol. The Balaban J connectivity index is 2.56. The zero-order chi connectivity index (χ0) is 13.3. The SMILES string of the molecule is COc1c(-c2cc(C(=O)O)no2)ccc(C)c1Br. The van der Waals surface area contributed by atoms with Crippen molar-refractivity contribution >= 4 is 21.9 Å². The average Bonchev–Trinajstić information content (AvgIpc) is 2.82. The molecule has 0 amide bonds. The van der Waals surface area contributed by atoms with Gasteiger partial charge in [0.05, 0.1) is 17.1 Å². The molecular weight excluding hydrogens is 302 g/mol. The highest BCUT2D eigenvalue weighted by molar-refractivity contribution is 9.10. The number of carbonyl (C=O) groups is 1. The summed E-state index contributed by atoms with van der Waals surface area (Å²) in [5.74, 6) is -0.191. The van der Waals surface area contributed by atoms with E-state index in [1.807, 2.05) is 13.0 Å². The minimum Gasteiger partial charge on any atom is -0.495 e. The third kappa shape index (κ3) is 2.11. The zero-order valence-electron chi connectivity index (χ0n) is 9.73. The number of ether oxygens (including phenoxy) is 1. The first-order valence-corrected chi connectivity index (χ1v) is 5.87. The van der Waals surface area contributed by atoms with E-state index >= 15 is 0 Å². The van der Waals surface area contributed by atoms with Crippen molar-refractivity contribution in [3.05, 3.63) is 33.9 Å². The maximum Gasteiger partial charge on any atom is 0.358 e. The number of aryl methyl sites for hydroxylation is 1. The fraction of sp³-hybridized carbons (Fsp3) is 0.167. The molecule has 0 radical (unpaired) electrons. The van der Waals surface area contributed by atoms with Gasteiger partial charge in [-0.3, -0.25) is 0 Å². The predicted octanol–water partition coefficient (Wildman–Crippen LogP) is 3.12. The zero-order valence-corrected chi connectivity index (χ0v) is 11.3. The van der Waals surface area contributed by atoms with Crippen molar-refractivity contribution in [3.8, 4) is 17.1 Å². The fourth-order valence-corrected chi connectivity index (χ4v) is 2.06. The third-order valence-electron chi connectivity index (χ3n) is 2.49. The number of hydrogen-bond donors (Lipinski definition) is 1. The van der Waals surface area contributed by atoms with Crippen LogP contribution >= 0.6 is 15.9 Å². The molecule has 0 aliphatic carbocycles. The molecule has 0 saturated carbocycles. The largest absolute Gasteiger partial charge is 0.495 e. The molecule has 1 aromatic heterocycles. The first-order valence-electron chi connectivity index (χ1n) is 5.08. The molecule has 1 aromatic carbocycles. The van der Waals surface area contributed by atoms with Crippen LogP contribution in [0, 0.1) is 6.92 Å². The second-order valence-electron chi connectivity index (χ2n) is 3.66. The van der Waals surface area contributed by atoms with Crippen molar-refractivity contribution in [1.29, 1.82) is 0 Å². The van der Waals surface area contributed by atoms with E-state index in [0.29, 0.717) is 17.1 Å². The van der Waals surface area contributed by atoms with E-state index in [4.69, 9.17) is 14.4 Å². The molecule has 0 bridgehead atoms. The highest BCUT2D eigenvalue weighted by Crippen LogP contribution is 2.38. The van der Waals surface area contributed by atoms with E-state index in [0.717, 1.165) is 10.0 Å². The first-order chi connectivity index (χ1) is 8.54. The number of halogens is 1. The van der Waals surface area contributed by atoms with Crippen molar-refractivity contribution in [1.82, 2.24) is 5.16 Å². The Hall–Kier alpha value is -1.82. The minimum atomic E-state index is -1.13. The lowest BCUT2D eigenvalue weighted by Crippen LogP contribution is -1.94. The van der Waals surface area contributed by atoms with Gasteiger partial charge in [-0.05, 0) is 34.5 Å². The summed E-state index contributed by atoms with van der Waals surface area (Å²) in [6.45, 7) is 1.93. The minimum absolute atomic E-state index is 0.135. The quantitative estimate of drug-likeness (QED) is 0.942. The molecule has 1 N–H and O–H groups in total. The third-order valence-corrected chi connectivity index (χ3v) is 3.47. The predicted molar refractivity (Wildman–Crippen MR) is 67.9 cm³/mol. The van der Waals surface area contributed by atoms with Gasteiger partial charge in [0.2, 0.25) is 0 Å². The molecule has 0 unspecified atom stereocenters. The molecule has 2 aromatic rings. The van der Waals surface area contributed by atoms with Crippen LogP contribution in [0.5, 0.6) is 5.75 Å². The van der Waals surface area contributed by atoms with E-state index in [1.165, 1.54) is 13.2 Å². The van der Waals surface area contributed by atoms with Gasteiger partial charge in [-0.15, -0.1) is 0 Å². The second-order valence-corrected chi connectivity index (χ2v) is 4.45. The van der Waals surface area contributed by atoms with E-state index in [1.54, 1.807) is 6.07 Å². The van der Waals surface area contributed by atoms with Crippen LogP contribution in [0.1, 0.15) is 16.1 Å². The number of nitrogens with zero attached hydrogens (tertiary/aromatic N) is 1. The lowest BCUT2D eigenvalue weighted by molar-refractivity contribution is 0.0686. The van der Waals surface area contributed by atoms with E-state index < -0.39 is 5.97 Å². The standard InChI is InChI=1S/C12H10BrNO4/c1-6-3-4-7(11(17-2)10(6)13)9-5-8(12(15)16)14-18-9/h3-5H,1-2H3,(H,15,16). The number of benzene rings is 1. The molecule has 0 atom stereocenters. The van der Waals surface area contributed by atoms with Crippen LogP contribution in [0.4, 0.5) is 0 Å². The van der Waals surface area contributed by atoms with Gasteiger partial charge in [0.15, 0.2) is 11.5 Å². The summed E-state index contributed by atoms with van der Waals surface area (Å²) in [7, 11) is 1.54. The van der Waals surface area contributed by atoms with Crippen LogP contribution in [-0.4, -0.2) is 23.3 Å². The molecule has 1 heterocycles. The van der Waals surface area contributed by atoms with Crippen molar-refractivity contribution in [2.24, 2.45) is 0 Å². The van der Waals surface area contributed by atoms with Crippen molar-refractivity contribution in [3.63, 3.8) is 0 Å². The molecule has 0 fully saturated rings.